The van der Waals surface area contributed by atoms with E-state index in [1.54, 1.807) is 18.2 Å². The Balaban J connectivity index is 1.44. The summed E-state index contributed by atoms with van der Waals surface area (Å²) in [7, 11) is -3.68. The predicted molar refractivity (Wildman–Crippen MR) is 133 cm³/mol. The molecule has 0 radical (unpaired) electrons. The van der Waals surface area contributed by atoms with Crippen LogP contribution in [0.15, 0.2) is 68.9 Å². The summed E-state index contributed by atoms with van der Waals surface area (Å²) in [5.74, 6) is 0.319. The number of benzene rings is 1. The van der Waals surface area contributed by atoms with Gasteiger partial charge in [-0.2, -0.15) is 14.1 Å². The fourth-order valence-corrected chi connectivity index (χ4v) is 5.26. The summed E-state index contributed by atoms with van der Waals surface area (Å²) >= 11 is 0. The first-order valence-corrected chi connectivity index (χ1v) is 13.0. The standard InChI is InChI=1S/C24H24N6O6S/c1-2-17-14-22(31)27-24(25-17)30-21(15-19(28-30)20-4-3-11-36-20)26-23(32)16-5-7-18(8-6-16)37(33,34)29-9-12-35-13-10-29/h3-8,11,14-15H,2,9-10,12-13H2,1H3,(H,26,32)(H,25,27,31). The number of hydrogen-bond donors (Lipinski definition) is 2. The number of rotatable bonds is 7. The molecule has 4 heterocycles. The number of aromatic amines is 1. The van der Waals surface area contributed by atoms with Gasteiger partial charge in [0.2, 0.25) is 16.0 Å². The number of ether oxygens (including phenoxy) is 1. The Bertz CT molecular complexity index is 1570. The summed E-state index contributed by atoms with van der Waals surface area (Å²) in [6, 6.07) is 12.1. The van der Waals surface area contributed by atoms with Crippen LogP contribution in [0.3, 0.4) is 0 Å². The number of carbonyl (C=O) groups excluding carboxylic acids is 1. The van der Waals surface area contributed by atoms with E-state index in [0.29, 0.717) is 36.8 Å². The first-order valence-electron chi connectivity index (χ1n) is 11.6. The number of H-pyrrole nitrogens is 1. The van der Waals surface area contributed by atoms with Gasteiger partial charge in [-0.1, -0.05) is 6.92 Å². The highest BCUT2D eigenvalue weighted by Gasteiger charge is 2.26. The number of carbonyl (C=O) groups is 1. The molecule has 1 aliphatic rings. The van der Waals surface area contributed by atoms with Crippen LogP contribution in [0.5, 0.6) is 0 Å². The minimum absolute atomic E-state index is 0.0919. The van der Waals surface area contributed by atoms with Gasteiger partial charge in [0.25, 0.3) is 11.5 Å². The van der Waals surface area contributed by atoms with E-state index in [2.05, 4.69) is 20.4 Å². The lowest BCUT2D eigenvalue weighted by molar-refractivity contribution is 0.0730. The van der Waals surface area contributed by atoms with Gasteiger partial charge in [0, 0.05) is 36.5 Å². The molecule has 192 valence electrons. The third-order valence-electron chi connectivity index (χ3n) is 5.79. The van der Waals surface area contributed by atoms with Gasteiger partial charge in [-0.05, 0) is 42.8 Å². The fourth-order valence-electron chi connectivity index (χ4n) is 3.85. The molecule has 1 fully saturated rings. The molecule has 0 aliphatic carbocycles. The molecule has 5 rings (SSSR count). The number of nitrogens with zero attached hydrogens (tertiary/aromatic N) is 4. The van der Waals surface area contributed by atoms with Crippen molar-refractivity contribution in [2.45, 2.75) is 18.2 Å². The predicted octanol–water partition coefficient (Wildman–Crippen LogP) is 2.05. The zero-order valence-electron chi connectivity index (χ0n) is 19.9. The highest BCUT2D eigenvalue weighted by Crippen LogP contribution is 2.25. The number of furan rings is 1. The van der Waals surface area contributed by atoms with Crippen LogP contribution < -0.4 is 10.9 Å². The Morgan fingerprint density at radius 3 is 2.57 bits per heavy atom. The van der Waals surface area contributed by atoms with Crippen molar-refractivity contribution < 1.29 is 22.4 Å². The molecule has 0 spiro atoms. The van der Waals surface area contributed by atoms with Gasteiger partial charge in [0.05, 0.1) is 24.4 Å². The number of hydrogen-bond acceptors (Lipinski definition) is 8. The molecule has 0 saturated carbocycles. The van der Waals surface area contributed by atoms with Gasteiger partial charge in [-0.15, -0.1) is 0 Å². The lowest BCUT2D eigenvalue weighted by atomic mass is 10.2. The smallest absolute Gasteiger partial charge is 0.256 e. The lowest BCUT2D eigenvalue weighted by Crippen LogP contribution is -2.40. The van der Waals surface area contributed by atoms with Crippen molar-refractivity contribution in [1.29, 1.82) is 0 Å². The minimum atomic E-state index is -3.68. The van der Waals surface area contributed by atoms with Crippen LogP contribution >= 0.6 is 0 Å². The molecular weight excluding hydrogens is 500 g/mol. The number of aryl methyl sites for hydroxylation is 1. The molecule has 37 heavy (non-hydrogen) atoms. The van der Waals surface area contributed by atoms with Crippen LogP contribution in [0.4, 0.5) is 5.82 Å². The zero-order chi connectivity index (χ0) is 26.0. The number of aromatic nitrogens is 4. The third-order valence-corrected chi connectivity index (χ3v) is 7.71. The number of nitrogens with one attached hydrogen (secondary N) is 2. The van der Waals surface area contributed by atoms with E-state index in [1.165, 1.54) is 45.6 Å². The molecule has 2 N–H and O–H groups in total. The van der Waals surface area contributed by atoms with Crippen molar-refractivity contribution in [3.63, 3.8) is 0 Å². The number of anilines is 1. The molecule has 1 aromatic carbocycles. The van der Waals surface area contributed by atoms with Crippen LogP contribution in [0.2, 0.25) is 0 Å². The quantitative estimate of drug-likeness (QED) is 0.373. The van der Waals surface area contributed by atoms with E-state index in [9.17, 15) is 18.0 Å². The Labute approximate surface area is 211 Å². The van der Waals surface area contributed by atoms with Crippen LogP contribution in [0.1, 0.15) is 23.0 Å². The SMILES string of the molecule is CCc1cc(=O)[nH]c(-n2nc(-c3ccco3)cc2NC(=O)c2ccc(S(=O)(=O)N3CCOCC3)cc2)n1. The normalized spacial score (nSPS) is 14.5. The van der Waals surface area contributed by atoms with E-state index in [4.69, 9.17) is 9.15 Å². The van der Waals surface area contributed by atoms with Crippen molar-refractivity contribution in [3.8, 4) is 17.4 Å². The average molecular weight is 525 g/mol. The second-order valence-corrected chi connectivity index (χ2v) is 10.2. The van der Waals surface area contributed by atoms with Crippen molar-refractivity contribution in [2.24, 2.45) is 0 Å². The van der Waals surface area contributed by atoms with Crippen LogP contribution in [-0.2, 0) is 21.2 Å². The summed E-state index contributed by atoms with van der Waals surface area (Å²) in [6.45, 7) is 3.11. The van der Waals surface area contributed by atoms with E-state index in [0.717, 1.165) is 0 Å². The number of morpholine rings is 1. The summed E-state index contributed by atoms with van der Waals surface area (Å²) in [5, 5.41) is 7.23. The van der Waals surface area contributed by atoms with Gasteiger partial charge in [0.15, 0.2) is 5.76 Å². The van der Waals surface area contributed by atoms with Gasteiger partial charge < -0.3 is 14.5 Å². The minimum Gasteiger partial charge on any atom is -0.463 e. The Kier molecular flexibility index (Phi) is 6.74. The van der Waals surface area contributed by atoms with Gasteiger partial charge in [0.1, 0.15) is 11.5 Å². The summed E-state index contributed by atoms with van der Waals surface area (Å²) < 4.78 is 39.1. The maximum Gasteiger partial charge on any atom is 0.256 e. The van der Waals surface area contributed by atoms with Gasteiger partial charge >= 0.3 is 0 Å². The van der Waals surface area contributed by atoms with Crippen LogP contribution in [0, 0.1) is 0 Å². The molecule has 1 amide bonds. The highest BCUT2D eigenvalue weighted by atomic mass is 32.2. The molecule has 0 unspecified atom stereocenters. The largest absolute Gasteiger partial charge is 0.463 e. The molecular formula is C24H24N6O6S. The molecule has 1 saturated heterocycles. The first kappa shape index (κ1) is 24.6. The van der Waals surface area contributed by atoms with E-state index < -0.39 is 15.9 Å². The lowest BCUT2D eigenvalue weighted by Gasteiger charge is -2.26. The summed E-state index contributed by atoms with van der Waals surface area (Å²) in [6.07, 6.45) is 2.03. The maximum absolute atomic E-state index is 13.1. The van der Waals surface area contributed by atoms with Crippen LogP contribution in [0.25, 0.3) is 17.4 Å². The Hall–Kier alpha value is -4.07. The molecule has 12 nitrogen and oxygen atoms in total. The average Bonchev–Trinajstić information content (AvgIpc) is 3.59. The maximum atomic E-state index is 13.1. The fraction of sp³-hybridized carbons (Fsp3) is 0.250. The van der Waals surface area contributed by atoms with Crippen molar-refractivity contribution >= 4 is 21.7 Å². The summed E-state index contributed by atoms with van der Waals surface area (Å²) in [4.78, 5) is 32.4. The second kappa shape index (κ2) is 10.1. The molecule has 1 aliphatic heterocycles. The Morgan fingerprint density at radius 1 is 1.14 bits per heavy atom. The number of sulfonamides is 1. The highest BCUT2D eigenvalue weighted by molar-refractivity contribution is 7.89. The topological polar surface area (TPSA) is 152 Å². The van der Waals surface area contributed by atoms with E-state index >= 15 is 0 Å². The van der Waals surface area contributed by atoms with Crippen molar-refractivity contribution in [3.05, 3.63) is 76.4 Å². The van der Waals surface area contributed by atoms with Crippen molar-refractivity contribution in [2.75, 3.05) is 31.6 Å². The summed E-state index contributed by atoms with van der Waals surface area (Å²) in [5.41, 5.74) is 0.850. The Morgan fingerprint density at radius 2 is 1.89 bits per heavy atom. The molecule has 0 bridgehead atoms. The monoisotopic (exact) mass is 524 g/mol. The van der Waals surface area contributed by atoms with Gasteiger partial charge in [-0.25, -0.2) is 13.4 Å². The molecule has 3 aromatic heterocycles. The third kappa shape index (κ3) is 5.09. The van der Waals surface area contributed by atoms with Crippen LogP contribution in [-0.4, -0.2) is 64.7 Å². The number of amides is 1. The van der Waals surface area contributed by atoms with Crippen molar-refractivity contribution in [1.82, 2.24) is 24.1 Å². The van der Waals surface area contributed by atoms with E-state index in [1.807, 2.05) is 6.92 Å². The van der Waals surface area contributed by atoms with E-state index in [-0.39, 0.29) is 40.9 Å². The molecule has 0 atom stereocenters. The molecule has 4 aromatic rings. The molecule has 13 heteroatoms. The second-order valence-electron chi connectivity index (χ2n) is 8.21. The van der Waals surface area contributed by atoms with Gasteiger partial charge in [-0.3, -0.25) is 14.6 Å². The first-order chi connectivity index (χ1) is 17.8. The zero-order valence-corrected chi connectivity index (χ0v) is 20.7.